The number of nitrogens with zero attached hydrogens (tertiary/aromatic N) is 4. The first kappa shape index (κ1) is 38.3. The van der Waals surface area contributed by atoms with E-state index in [1.54, 1.807) is 0 Å². The highest BCUT2D eigenvalue weighted by atomic mass is 15.1. The molecule has 322 valence electrons. The van der Waals surface area contributed by atoms with E-state index in [0.717, 1.165) is 44.8 Å². The van der Waals surface area contributed by atoms with Gasteiger partial charge < -0.3 is 0 Å². The lowest BCUT2D eigenvalue weighted by Crippen LogP contribution is -2.15. The molecule has 0 saturated heterocycles. The molecule has 15 rings (SSSR count). The molecule has 0 fully saturated rings. The summed E-state index contributed by atoms with van der Waals surface area (Å²) < 4.78 is 4.58. The SMILES string of the molecule is CC1(C)c2ccc3c4ccc(-c5ccc(-c6nc(-n7c8ccccc8c8ccccc87)cc(-n7c8ccccc8c8ccccc87)n6)cc5)cc4c4ccccc4c3c2-c2ccc3ccccc3c21. The average Bonchev–Trinajstić information content (AvgIpc) is 4.01. The lowest BCUT2D eigenvalue weighted by Gasteiger charge is -2.23. The zero-order valence-electron chi connectivity index (χ0n) is 38.1. The molecule has 4 nitrogen and oxygen atoms in total. The van der Waals surface area contributed by atoms with Gasteiger partial charge in [0.05, 0.1) is 22.1 Å². The first-order valence-electron chi connectivity index (χ1n) is 23.9. The molecule has 0 spiro atoms. The van der Waals surface area contributed by atoms with E-state index in [1.165, 1.54) is 92.5 Å². The Bertz CT molecular complexity index is 4250. The smallest absolute Gasteiger partial charge is 0.163 e. The van der Waals surface area contributed by atoms with Gasteiger partial charge in [-0.3, -0.25) is 9.13 Å². The monoisotopic (exact) mass is 878 g/mol. The number of hydrogen-bond donors (Lipinski definition) is 0. The van der Waals surface area contributed by atoms with Crippen LogP contribution >= 0.6 is 0 Å². The van der Waals surface area contributed by atoms with Crippen molar-refractivity contribution in [1.29, 1.82) is 0 Å². The number of rotatable bonds is 4. The van der Waals surface area contributed by atoms with E-state index in [4.69, 9.17) is 9.97 Å². The Morgan fingerprint density at radius 2 is 0.797 bits per heavy atom. The standard InChI is InChI=1S/C65H42N4/c1-65(2)54-36-35-51-45-33-32-42(37-53(45)44-17-5-6-22-50(44)61(51)62(54)52-34-31-40-15-3-4-16-43(40)63(52)65)39-27-29-41(30-28-39)64-66-59(68-55-23-11-7-18-46(55)47-19-8-12-24-56(47)68)38-60(67-64)69-57-25-13-9-20-48(57)49-21-10-14-26-58(49)69/h3-38H,1-2H3. The van der Waals surface area contributed by atoms with Gasteiger partial charge in [-0.1, -0.05) is 196 Å². The number of para-hydroxylation sites is 4. The molecule has 14 aromatic rings. The number of aromatic nitrogens is 4. The molecule has 1 aliphatic carbocycles. The molecular weight excluding hydrogens is 837 g/mol. The van der Waals surface area contributed by atoms with Gasteiger partial charge in [0.15, 0.2) is 5.82 Å². The van der Waals surface area contributed by atoms with Crippen LogP contribution in [0.3, 0.4) is 0 Å². The van der Waals surface area contributed by atoms with Crippen LogP contribution in [0.25, 0.3) is 132 Å². The van der Waals surface area contributed by atoms with Crippen molar-refractivity contribution in [1.82, 2.24) is 19.1 Å². The number of hydrogen-bond acceptors (Lipinski definition) is 2. The highest BCUT2D eigenvalue weighted by Gasteiger charge is 2.38. The molecule has 0 bridgehead atoms. The van der Waals surface area contributed by atoms with Gasteiger partial charge in [-0.2, -0.15) is 0 Å². The lowest BCUT2D eigenvalue weighted by atomic mass is 9.79. The Kier molecular flexibility index (Phi) is 7.81. The van der Waals surface area contributed by atoms with Crippen molar-refractivity contribution >= 4 is 86.7 Å². The normalized spacial score (nSPS) is 13.2. The van der Waals surface area contributed by atoms with Gasteiger partial charge in [-0.25, -0.2) is 9.97 Å². The van der Waals surface area contributed by atoms with Crippen LogP contribution in [-0.2, 0) is 5.41 Å². The van der Waals surface area contributed by atoms with E-state index in [2.05, 4.69) is 241 Å². The van der Waals surface area contributed by atoms with Gasteiger partial charge in [0.2, 0.25) is 0 Å². The van der Waals surface area contributed by atoms with Gasteiger partial charge in [0.1, 0.15) is 11.6 Å². The highest BCUT2D eigenvalue weighted by molar-refractivity contribution is 6.30. The molecule has 1 aliphatic rings. The van der Waals surface area contributed by atoms with E-state index in [1.807, 2.05) is 0 Å². The predicted octanol–water partition coefficient (Wildman–Crippen LogP) is 16.9. The van der Waals surface area contributed by atoms with E-state index < -0.39 is 0 Å². The summed E-state index contributed by atoms with van der Waals surface area (Å²) in [4.78, 5) is 10.8. The summed E-state index contributed by atoms with van der Waals surface area (Å²) in [6.45, 7) is 4.80. The molecular formula is C65H42N4. The van der Waals surface area contributed by atoms with Crippen LogP contribution in [0.1, 0.15) is 25.0 Å². The predicted molar refractivity (Wildman–Crippen MR) is 289 cm³/mol. The quantitative estimate of drug-likeness (QED) is 0.165. The molecule has 0 aliphatic heterocycles. The van der Waals surface area contributed by atoms with Crippen molar-refractivity contribution in [2.45, 2.75) is 19.3 Å². The molecule has 3 heterocycles. The van der Waals surface area contributed by atoms with Gasteiger partial charge in [-0.15, -0.1) is 0 Å². The van der Waals surface area contributed by atoms with Gasteiger partial charge >= 0.3 is 0 Å². The van der Waals surface area contributed by atoms with Crippen molar-refractivity contribution in [3.8, 4) is 45.3 Å². The molecule has 0 unspecified atom stereocenters. The van der Waals surface area contributed by atoms with Crippen LogP contribution in [-0.4, -0.2) is 19.1 Å². The highest BCUT2D eigenvalue weighted by Crippen LogP contribution is 2.55. The van der Waals surface area contributed by atoms with Gasteiger partial charge in [-0.05, 0) is 107 Å². The second kappa shape index (κ2) is 14.1. The maximum Gasteiger partial charge on any atom is 0.163 e. The lowest BCUT2D eigenvalue weighted by molar-refractivity contribution is 0.667. The average molecular weight is 879 g/mol. The Labute approximate surface area is 398 Å². The first-order valence-corrected chi connectivity index (χ1v) is 23.9. The molecule has 0 N–H and O–H groups in total. The first-order chi connectivity index (χ1) is 34.0. The maximum absolute atomic E-state index is 5.42. The van der Waals surface area contributed by atoms with Crippen LogP contribution < -0.4 is 0 Å². The molecule has 11 aromatic carbocycles. The Morgan fingerprint density at radius 3 is 1.39 bits per heavy atom. The molecule has 69 heavy (non-hydrogen) atoms. The van der Waals surface area contributed by atoms with Crippen molar-refractivity contribution < 1.29 is 0 Å². The van der Waals surface area contributed by atoms with Crippen molar-refractivity contribution in [2.24, 2.45) is 0 Å². The third-order valence-corrected chi connectivity index (χ3v) is 15.3. The Balaban J connectivity index is 0.899. The minimum absolute atomic E-state index is 0.129. The van der Waals surface area contributed by atoms with E-state index in [-0.39, 0.29) is 5.41 Å². The van der Waals surface area contributed by atoms with E-state index in [9.17, 15) is 0 Å². The van der Waals surface area contributed by atoms with E-state index >= 15 is 0 Å². The topological polar surface area (TPSA) is 35.6 Å². The summed E-state index contributed by atoms with van der Waals surface area (Å²) in [6.07, 6.45) is 0. The maximum atomic E-state index is 5.42. The second-order valence-electron chi connectivity index (χ2n) is 19.3. The minimum atomic E-state index is -0.129. The summed E-state index contributed by atoms with van der Waals surface area (Å²) in [7, 11) is 0. The van der Waals surface area contributed by atoms with E-state index in [0.29, 0.717) is 5.82 Å². The zero-order valence-corrected chi connectivity index (χ0v) is 38.1. The van der Waals surface area contributed by atoms with Crippen molar-refractivity contribution in [3.63, 3.8) is 0 Å². The fourth-order valence-electron chi connectivity index (χ4n) is 12.2. The third kappa shape index (κ3) is 5.34. The van der Waals surface area contributed by atoms with Crippen LogP contribution in [0, 0.1) is 0 Å². The number of benzene rings is 11. The Morgan fingerprint density at radius 1 is 0.348 bits per heavy atom. The summed E-state index contributed by atoms with van der Waals surface area (Å²) >= 11 is 0. The summed E-state index contributed by atoms with van der Waals surface area (Å²) in [6, 6.07) is 79.8. The molecule has 0 atom stereocenters. The van der Waals surface area contributed by atoms with Crippen molar-refractivity contribution in [3.05, 3.63) is 230 Å². The van der Waals surface area contributed by atoms with Crippen LogP contribution in [0.4, 0.5) is 0 Å². The number of fused-ring (bicyclic) bond motifs is 18. The largest absolute Gasteiger partial charge is 0.294 e. The van der Waals surface area contributed by atoms with Gasteiger partial charge in [0.25, 0.3) is 0 Å². The van der Waals surface area contributed by atoms with Crippen LogP contribution in [0.5, 0.6) is 0 Å². The summed E-state index contributed by atoms with van der Waals surface area (Å²) in [5.41, 5.74) is 13.1. The van der Waals surface area contributed by atoms with Crippen LogP contribution in [0.15, 0.2) is 218 Å². The molecule has 3 aromatic heterocycles. The molecule has 0 saturated carbocycles. The Hall–Kier alpha value is -8.86. The fourth-order valence-corrected chi connectivity index (χ4v) is 12.2. The summed E-state index contributed by atoms with van der Waals surface area (Å²) in [5.74, 6) is 2.30. The third-order valence-electron chi connectivity index (χ3n) is 15.3. The van der Waals surface area contributed by atoms with Crippen molar-refractivity contribution in [2.75, 3.05) is 0 Å². The second-order valence-corrected chi connectivity index (χ2v) is 19.3. The fraction of sp³-hybridized carbons (Fsp3) is 0.0462. The van der Waals surface area contributed by atoms with Crippen LogP contribution in [0.2, 0.25) is 0 Å². The molecule has 4 heteroatoms. The minimum Gasteiger partial charge on any atom is -0.294 e. The zero-order chi connectivity index (χ0) is 45.5. The molecule has 0 amide bonds. The molecule has 0 radical (unpaired) electrons. The van der Waals surface area contributed by atoms with Gasteiger partial charge in [0, 0.05) is 38.6 Å². The summed E-state index contributed by atoms with van der Waals surface area (Å²) in [5, 5.41) is 15.1.